The van der Waals surface area contributed by atoms with Crippen molar-refractivity contribution in [1.82, 2.24) is 4.31 Å². The van der Waals surface area contributed by atoms with E-state index in [1.54, 1.807) is 0 Å². The van der Waals surface area contributed by atoms with Gasteiger partial charge in [0.1, 0.15) is 12.1 Å². The molecule has 1 N–H and O–H groups in total. The fraction of sp³-hybridized carbons (Fsp3) is 0.348. The number of nitro groups is 1. The van der Waals surface area contributed by atoms with Crippen molar-refractivity contribution in [3.05, 3.63) is 79.7 Å². The van der Waals surface area contributed by atoms with Gasteiger partial charge in [0.05, 0.1) is 31.1 Å². The predicted molar refractivity (Wildman–Crippen MR) is 121 cm³/mol. The first-order chi connectivity index (χ1) is 15.8. The lowest BCUT2D eigenvalue weighted by molar-refractivity contribution is -0.917. The van der Waals surface area contributed by atoms with Crippen LogP contribution in [0.15, 0.2) is 56.6 Å². The summed E-state index contributed by atoms with van der Waals surface area (Å²) in [6.45, 7) is 2.15. The summed E-state index contributed by atoms with van der Waals surface area (Å²) in [6.07, 6.45) is 3.13. The minimum absolute atomic E-state index is 0.248. The van der Waals surface area contributed by atoms with Crippen molar-refractivity contribution in [2.75, 3.05) is 26.2 Å². The number of quaternary nitrogens is 1. The largest absolute Gasteiger partial charge is 0.423 e. The summed E-state index contributed by atoms with van der Waals surface area (Å²) in [6, 6.07) is 11.1. The van der Waals surface area contributed by atoms with Crippen molar-refractivity contribution in [3.63, 3.8) is 0 Å². The van der Waals surface area contributed by atoms with E-state index in [1.807, 2.05) is 6.07 Å². The molecule has 2 heterocycles. The first kappa shape index (κ1) is 21.7. The Bertz CT molecular complexity index is 1410. The maximum absolute atomic E-state index is 13.1. The zero-order valence-corrected chi connectivity index (χ0v) is 18.8. The number of nitrogens with one attached hydrogen (secondary N) is 1. The number of para-hydroxylation sites is 1. The van der Waals surface area contributed by atoms with Crippen LogP contribution in [0.2, 0.25) is 0 Å². The summed E-state index contributed by atoms with van der Waals surface area (Å²) in [4.78, 5) is 23.7. The molecule has 0 unspecified atom stereocenters. The standard InChI is InChI=1S/C23H23N3O6S/c27-23-14-18(19-12-16-4-3-5-17(16)13-21(19)32-23)15-24-8-10-25(11-9-24)33(30,31)22-7-2-1-6-20(22)26(28)29/h1-2,6-7,12-14H,3-5,8-11,15H2/p+1. The summed E-state index contributed by atoms with van der Waals surface area (Å²) in [5.41, 5.74) is 3.25. The van der Waals surface area contributed by atoms with E-state index in [0.717, 1.165) is 35.1 Å². The van der Waals surface area contributed by atoms with Crippen LogP contribution in [-0.4, -0.2) is 43.8 Å². The Morgan fingerprint density at radius 3 is 2.48 bits per heavy atom. The summed E-state index contributed by atoms with van der Waals surface area (Å²) in [7, 11) is -3.97. The van der Waals surface area contributed by atoms with E-state index >= 15 is 0 Å². The van der Waals surface area contributed by atoms with Crippen LogP contribution in [0.5, 0.6) is 0 Å². The van der Waals surface area contributed by atoms with Crippen molar-refractivity contribution in [3.8, 4) is 0 Å². The molecule has 0 radical (unpaired) electrons. The van der Waals surface area contributed by atoms with Crippen LogP contribution >= 0.6 is 0 Å². The number of aryl methyl sites for hydroxylation is 2. The molecule has 0 saturated carbocycles. The number of piperazine rings is 1. The Morgan fingerprint density at radius 2 is 1.76 bits per heavy atom. The van der Waals surface area contributed by atoms with E-state index in [2.05, 4.69) is 6.07 Å². The predicted octanol–water partition coefficient (Wildman–Crippen LogP) is 1.28. The number of benzene rings is 2. The van der Waals surface area contributed by atoms with Gasteiger partial charge in [-0.25, -0.2) is 13.2 Å². The van der Waals surface area contributed by atoms with Crippen LogP contribution in [0.1, 0.15) is 23.1 Å². The van der Waals surface area contributed by atoms with Gasteiger partial charge in [-0.15, -0.1) is 0 Å². The second-order valence-corrected chi connectivity index (χ2v) is 10.5. The maximum atomic E-state index is 13.1. The van der Waals surface area contributed by atoms with Crippen molar-refractivity contribution in [2.24, 2.45) is 0 Å². The van der Waals surface area contributed by atoms with E-state index < -0.39 is 20.6 Å². The monoisotopic (exact) mass is 470 g/mol. The average molecular weight is 471 g/mol. The number of rotatable bonds is 5. The van der Waals surface area contributed by atoms with Gasteiger partial charge >= 0.3 is 5.63 Å². The third kappa shape index (κ3) is 4.05. The maximum Gasteiger partial charge on any atom is 0.336 e. The van der Waals surface area contributed by atoms with Crippen LogP contribution in [0.25, 0.3) is 11.0 Å². The molecule has 33 heavy (non-hydrogen) atoms. The smallest absolute Gasteiger partial charge is 0.336 e. The minimum atomic E-state index is -3.97. The zero-order chi connectivity index (χ0) is 23.2. The molecule has 1 aliphatic heterocycles. The molecule has 2 aromatic carbocycles. The zero-order valence-electron chi connectivity index (χ0n) is 18.0. The van der Waals surface area contributed by atoms with Gasteiger partial charge in [0.25, 0.3) is 5.69 Å². The van der Waals surface area contributed by atoms with Gasteiger partial charge in [-0.1, -0.05) is 12.1 Å². The van der Waals surface area contributed by atoms with Crippen LogP contribution in [0, 0.1) is 10.1 Å². The molecule has 2 aliphatic rings. The van der Waals surface area contributed by atoms with Gasteiger partial charge in [-0.2, -0.15) is 4.31 Å². The number of sulfonamides is 1. The minimum Gasteiger partial charge on any atom is -0.423 e. The lowest BCUT2D eigenvalue weighted by Gasteiger charge is -2.31. The summed E-state index contributed by atoms with van der Waals surface area (Å²) in [5.74, 6) is 0. The SMILES string of the molecule is O=c1cc(C[NH+]2CCN(S(=O)(=O)c3ccccc3[N+](=O)[O-])CC2)c2cc3c(cc2o1)CCC3. The second-order valence-electron chi connectivity index (χ2n) is 8.62. The Balaban J connectivity index is 1.35. The topological polar surface area (TPSA) is 115 Å². The third-order valence-electron chi connectivity index (χ3n) is 6.59. The summed E-state index contributed by atoms with van der Waals surface area (Å²) in [5, 5.41) is 12.2. The van der Waals surface area contributed by atoms with Crippen molar-refractivity contribution < 1.29 is 22.7 Å². The van der Waals surface area contributed by atoms with Gasteiger partial charge in [-0.05, 0) is 48.6 Å². The van der Waals surface area contributed by atoms with E-state index in [9.17, 15) is 23.3 Å². The van der Waals surface area contributed by atoms with Crippen LogP contribution in [0.4, 0.5) is 5.69 Å². The Labute approximate surface area is 190 Å². The Kier molecular flexibility index (Phi) is 5.51. The number of fused-ring (bicyclic) bond motifs is 2. The highest BCUT2D eigenvalue weighted by Gasteiger charge is 2.35. The number of hydrogen-bond acceptors (Lipinski definition) is 6. The summed E-state index contributed by atoms with van der Waals surface area (Å²) >= 11 is 0. The Hall–Kier alpha value is -3.08. The molecule has 1 aromatic heterocycles. The second kappa shape index (κ2) is 8.36. The lowest BCUT2D eigenvalue weighted by Crippen LogP contribution is -3.13. The van der Waals surface area contributed by atoms with Gasteiger partial charge in [0.15, 0.2) is 4.90 Å². The molecule has 1 saturated heterocycles. The van der Waals surface area contributed by atoms with E-state index in [1.165, 1.54) is 45.8 Å². The lowest BCUT2D eigenvalue weighted by atomic mass is 10.0. The van der Waals surface area contributed by atoms with Crippen LogP contribution in [-0.2, 0) is 29.4 Å². The number of nitrogens with zero attached hydrogens (tertiary/aromatic N) is 2. The van der Waals surface area contributed by atoms with Crippen LogP contribution in [0.3, 0.4) is 0 Å². The molecule has 0 atom stereocenters. The third-order valence-corrected chi connectivity index (χ3v) is 8.54. The fourth-order valence-corrected chi connectivity index (χ4v) is 6.49. The molecule has 5 rings (SSSR count). The molecule has 1 aliphatic carbocycles. The van der Waals surface area contributed by atoms with Crippen molar-refractivity contribution in [1.29, 1.82) is 0 Å². The highest BCUT2D eigenvalue weighted by molar-refractivity contribution is 7.89. The van der Waals surface area contributed by atoms with Crippen LogP contribution < -0.4 is 10.5 Å². The van der Waals surface area contributed by atoms with E-state index in [-0.39, 0.29) is 23.6 Å². The molecule has 0 amide bonds. The molecule has 10 heteroatoms. The van der Waals surface area contributed by atoms with E-state index in [4.69, 9.17) is 4.42 Å². The molecule has 9 nitrogen and oxygen atoms in total. The van der Waals surface area contributed by atoms with Crippen molar-refractivity contribution in [2.45, 2.75) is 30.7 Å². The molecular weight excluding hydrogens is 446 g/mol. The van der Waals surface area contributed by atoms with Crippen molar-refractivity contribution >= 4 is 26.7 Å². The molecule has 1 fully saturated rings. The fourth-order valence-electron chi connectivity index (χ4n) is 4.90. The van der Waals surface area contributed by atoms with Gasteiger partial charge in [0, 0.05) is 23.1 Å². The average Bonchev–Trinajstić information content (AvgIpc) is 3.25. The molecule has 0 spiro atoms. The first-order valence-electron chi connectivity index (χ1n) is 11.0. The van der Waals surface area contributed by atoms with E-state index in [0.29, 0.717) is 25.2 Å². The van der Waals surface area contributed by atoms with Gasteiger partial charge < -0.3 is 9.32 Å². The summed E-state index contributed by atoms with van der Waals surface area (Å²) < 4.78 is 32.9. The quantitative estimate of drug-likeness (QED) is 0.341. The van der Waals surface area contributed by atoms with Gasteiger partial charge in [0.2, 0.25) is 10.0 Å². The number of nitro benzene ring substituents is 1. The molecule has 0 bridgehead atoms. The van der Waals surface area contributed by atoms with Gasteiger partial charge in [-0.3, -0.25) is 10.1 Å². The Morgan fingerprint density at radius 1 is 1.06 bits per heavy atom. The molecule has 172 valence electrons. The molecular formula is C23H24N3O6S+. The highest BCUT2D eigenvalue weighted by Crippen LogP contribution is 2.29. The normalized spacial score (nSPS) is 17.3. The highest BCUT2D eigenvalue weighted by atomic mass is 32.2. The number of hydrogen-bond donors (Lipinski definition) is 1. The molecule has 3 aromatic rings. The first-order valence-corrected chi connectivity index (χ1v) is 12.4.